The van der Waals surface area contributed by atoms with Crippen LogP contribution in [-0.4, -0.2) is 5.91 Å². The van der Waals surface area contributed by atoms with Crippen molar-refractivity contribution in [3.8, 4) is 11.8 Å². The molecule has 4 nitrogen and oxygen atoms in total. The van der Waals surface area contributed by atoms with E-state index in [0.29, 0.717) is 23.5 Å². The normalized spacial score (nSPS) is 9.63. The molecule has 1 amide bonds. The first kappa shape index (κ1) is 12.7. The van der Waals surface area contributed by atoms with Crippen LogP contribution in [0.5, 0.6) is 5.75 Å². The van der Waals surface area contributed by atoms with Gasteiger partial charge in [0.25, 0.3) is 0 Å². The smallest absolute Gasteiger partial charge is 0.248 e. The van der Waals surface area contributed by atoms with Crippen molar-refractivity contribution in [3.63, 3.8) is 0 Å². The third kappa shape index (κ3) is 3.33. The maximum absolute atomic E-state index is 11.1. The molecule has 0 saturated carbocycles. The van der Waals surface area contributed by atoms with E-state index in [1.807, 2.05) is 12.1 Å². The first-order valence-corrected chi connectivity index (χ1v) is 5.71. The number of ether oxygens (including phenoxy) is 1. The van der Waals surface area contributed by atoms with Crippen molar-refractivity contribution < 1.29 is 9.53 Å². The fourth-order valence-electron chi connectivity index (χ4n) is 1.64. The van der Waals surface area contributed by atoms with Crippen LogP contribution in [0, 0.1) is 11.3 Å². The van der Waals surface area contributed by atoms with Crippen LogP contribution in [0.2, 0.25) is 0 Å². The lowest BCUT2D eigenvalue weighted by atomic mass is 10.1. The topological polar surface area (TPSA) is 76.1 Å². The zero-order chi connectivity index (χ0) is 13.7. The number of nitriles is 1. The van der Waals surface area contributed by atoms with Crippen molar-refractivity contribution in [2.75, 3.05) is 0 Å². The number of hydrogen-bond acceptors (Lipinski definition) is 3. The van der Waals surface area contributed by atoms with Gasteiger partial charge in [0.15, 0.2) is 0 Å². The van der Waals surface area contributed by atoms with Crippen LogP contribution in [0.3, 0.4) is 0 Å². The molecule has 0 unspecified atom stereocenters. The van der Waals surface area contributed by atoms with Crippen LogP contribution < -0.4 is 10.5 Å². The summed E-state index contributed by atoms with van der Waals surface area (Å²) in [5.74, 6) is 0.150. The van der Waals surface area contributed by atoms with E-state index in [0.717, 1.165) is 5.56 Å². The predicted octanol–water partition coefficient (Wildman–Crippen LogP) is 2.24. The molecule has 0 aromatic heterocycles. The predicted molar refractivity (Wildman–Crippen MR) is 70.4 cm³/mol. The van der Waals surface area contributed by atoms with E-state index in [4.69, 9.17) is 15.7 Å². The Labute approximate surface area is 111 Å². The van der Waals surface area contributed by atoms with E-state index in [-0.39, 0.29) is 0 Å². The molecular weight excluding hydrogens is 240 g/mol. The molecule has 0 aliphatic rings. The fraction of sp³-hybridized carbons (Fsp3) is 0.0667. The highest BCUT2D eigenvalue weighted by atomic mass is 16.5. The summed E-state index contributed by atoms with van der Waals surface area (Å²) >= 11 is 0. The first-order chi connectivity index (χ1) is 9.19. The number of rotatable bonds is 4. The molecule has 0 fully saturated rings. The highest BCUT2D eigenvalue weighted by Crippen LogP contribution is 2.15. The standard InChI is InChI=1S/C15H12N2O2/c16-9-11-3-2-6-14(8-11)19-10-12-4-1-5-13(7-12)15(17)18/h1-8H,10H2,(H2,17,18). The van der Waals surface area contributed by atoms with E-state index in [9.17, 15) is 4.79 Å². The molecule has 0 aliphatic heterocycles. The summed E-state index contributed by atoms with van der Waals surface area (Å²) in [5.41, 5.74) is 7.05. The van der Waals surface area contributed by atoms with Crippen molar-refractivity contribution in [3.05, 3.63) is 65.2 Å². The van der Waals surface area contributed by atoms with Gasteiger partial charge in [0.05, 0.1) is 11.6 Å². The molecule has 0 heterocycles. The first-order valence-electron chi connectivity index (χ1n) is 5.71. The van der Waals surface area contributed by atoms with E-state index in [1.165, 1.54) is 0 Å². The Morgan fingerprint density at radius 1 is 1.21 bits per heavy atom. The van der Waals surface area contributed by atoms with Crippen LogP contribution >= 0.6 is 0 Å². The van der Waals surface area contributed by atoms with Crippen LogP contribution in [0.15, 0.2) is 48.5 Å². The van der Waals surface area contributed by atoms with Crippen molar-refractivity contribution in [2.24, 2.45) is 5.73 Å². The number of carbonyl (C=O) groups excluding carboxylic acids is 1. The Balaban J connectivity index is 2.08. The summed E-state index contributed by atoms with van der Waals surface area (Å²) < 4.78 is 5.57. The Morgan fingerprint density at radius 2 is 2.00 bits per heavy atom. The van der Waals surface area contributed by atoms with Gasteiger partial charge in [-0.3, -0.25) is 4.79 Å². The third-order valence-corrected chi connectivity index (χ3v) is 2.58. The minimum absolute atomic E-state index is 0.315. The fourth-order valence-corrected chi connectivity index (χ4v) is 1.64. The maximum atomic E-state index is 11.1. The van der Waals surface area contributed by atoms with Gasteiger partial charge in [0.1, 0.15) is 12.4 Å². The molecule has 0 bridgehead atoms. The van der Waals surface area contributed by atoms with Gasteiger partial charge < -0.3 is 10.5 Å². The van der Waals surface area contributed by atoms with Crippen LogP contribution in [0.4, 0.5) is 0 Å². The second kappa shape index (κ2) is 5.69. The van der Waals surface area contributed by atoms with Gasteiger partial charge in [0, 0.05) is 5.56 Å². The average molecular weight is 252 g/mol. The minimum atomic E-state index is -0.465. The van der Waals surface area contributed by atoms with Crippen LogP contribution in [0.1, 0.15) is 21.5 Å². The summed E-state index contributed by atoms with van der Waals surface area (Å²) in [6.07, 6.45) is 0. The Morgan fingerprint density at radius 3 is 2.74 bits per heavy atom. The third-order valence-electron chi connectivity index (χ3n) is 2.58. The molecule has 19 heavy (non-hydrogen) atoms. The van der Waals surface area contributed by atoms with Crippen molar-refractivity contribution in [1.82, 2.24) is 0 Å². The summed E-state index contributed by atoms with van der Waals surface area (Å²) in [5, 5.41) is 8.79. The molecule has 0 atom stereocenters. The Kier molecular flexibility index (Phi) is 3.79. The Bertz CT molecular complexity index is 645. The second-order valence-electron chi connectivity index (χ2n) is 3.99. The molecule has 2 aromatic rings. The summed E-state index contributed by atoms with van der Waals surface area (Å²) in [6.45, 7) is 0.315. The van der Waals surface area contributed by atoms with E-state index < -0.39 is 5.91 Å². The van der Waals surface area contributed by atoms with Gasteiger partial charge in [-0.05, 0) is 35.9 Å². The van der Waals surface area contributed by atoms with Crippen molar-refractivity contribution in [2.45, 2.75) is 6.61 Å². The van der Waals surface area contributed by atoms with Gasteiger partial charge >= 0.3 is 0 Å². The molecule has 4 heteroatoms. The monoisotopic (exact) mass is 252 g/mol. The van der Waals surface area contributed by atoms with Crippen LogP contribution in [0.25, 0.3) is 0 Å². The minimum Gasteiger partial charge on any atom is -0.489 e. The van der Waals surface area contributed by atoms with Gasteiger partial charge in [-0.15, -0.1) is 0 Å². The van der Waals surface area contributed by atoms with E-state index in [2.05, 4.69) is 0 Å². The summed E-state index contributed by atoms with van der Waals surface area (Å²) in [7, 11) is 0. The number of hydrogen-bond donors (Lipinski definition) is 1. The molecule has 2 N–H and O–H groups in total. The van der Waals surface area contributed by atoms with Gasteiger partial charge in [0.2, 0.25) is 5.91 Å². The lowest BCUT2D eigenvalue weighted by molar-refractivity contribution is 0.1000. The zero-order valence-electron chi connectivity index (χ0n) is 10.2. The summed E-state index contributed by atoms with van der Waals surface area (Å²) in [4.78, 5) is 11.1. The molecular formula is C15H12N2O2. The average Bonchev–Trinajstić information content (AvgIpc) is 2.45. The highest BCUT2D eigenvalue weighted by Gasteiger charge is 2.02. The number of amides is 1. The zero-order valence-corrected chi connectivity index (χ0v) is 10.2. The number of nitrogens with zero attached hydrogens (tertiary/aromatic N) is 1. The van der Waals surface area contributed by atoms with Crippen molar-refractivity contribution in [1.29, 1.82) is 5.26 Å². The molecule has 0 aliphatic carbocycles. The lowest BCUT2D eigenvalue weighted by Gasteiger charge is -2.07. The van der Waals surface area contributed by atoms with Gasteiger partial charge in [-0.2, -0.15) is 5.26 Å². The molecule has 0 saturated heterocycles. The molecule has 0 radical (unpaired) electrons. The van der Waals surface area contributed by atoms with Gasteiger partial charge in [-0.25, -0.2) is 0 Å². The molecule has 94 valence electrons. The maximum Gasteiger partial charge on any atom is 0.248 e. The number of benzene rings is 2. The van der Waals surface area contributed by atoms with Crippen LogP contribution in [-0.2, 0) is 6.61 Å². The quantitative estimate of drug-likeness (QED) is 0.906. The van der Waals surface area contributed by atoms with Crippen molar-refractivity contribution >= 4 is 5.91 Å². The number of nitrogens with two attached hydrogens (primary N) is 1. The molecule has 2 aromatic carbocycles. The highest BCUT2D eigenvalue weighted by molar-refractivity contribution is 5.92. The number of carbonyl (C=O) groups is 1. The SMILES string of the molecule is N#Cc1cccc(OCc2cccc(C(N)=O)c2)c1. The lowest BCUT2D eigenvalue weighted by Crippen LogP contribution is -2.11. The Hall–Kier alpha value is -2.80. The molecule has 2 rings (SSSR count). The number of primary amides is 1. The van der Waals surface area contributed by atoms with E-state index in [1.54, 1.807) is 42.5 Å². The van der Waals surface area contributed by atoms with E-state index >= 15 is 0 Å². The second-order valence-corrected chi connectivity index (χ2v) is 3.99. The van der Waals surface area contributed by atoms with Gasteiger partial charge in [-0.1, -0.05) is 18.2 Å². The summed E-state index contributed by atoms with van der Waals surface area (Å²) in [6, 6.07) is 15.9. The molecule has 0 spiro atoms. The largest absolute Gasteiger partial charge is 0.489 e.